The van der Waals surface area contributed by atoms with Crippen molar-refractivity contribution in [2.24, 2.45) is 5.73 Å². The van der Waals surface area contributed by atoms with Gasteiger partial charge in [-0.2, -0.15) is 0 Å². The number of carbonyl (C=O) groups is 3. The molecule has 25 heavy (non-hydrogen) atoms. The fourth-order valence-electron chi connectivity index (χ4n) is 1.86. The van der Waals surface area contributed by atoms with Crippen LogP contribution in [-0.2, 0) is 9.59 Å². The topological polar surface area (TPSA) is 98.5 Å². The van der Waals surface area contributed by atoms with Crippen LogP contribution in [0.2, 0.25) is 5.02 Å². The molecule has 0 saturated carbocycles. The Kier molecular flexibility index (Phi) is 6.31. The first kappa shape index (κ1) is 18.2. The first-order chi connectivity index (χ1) is 11.9. The predicted octanol–water partition coefficient (Wildman–Crippen LogP) is 2.17. The number of hydrogen-bond acceptors (Lipinski definition) is 4. The van der Waals surface area contributed by atoms with Gasteiger partial charge in [-0.15, -0.1) is 0 Å². The molecule has 0 aliphatic carbocycles. The lowest BCUT2D eigenvalue weighted by atomic mass is 10.2. The summed E-state index contributed by atoms with van der Waals surface area (Å²) in [6.07, 6.45) is 2.85. The van der Waals surface area contributed by atoms with E-state index in [1.807, 2.05) is 0 Å². The van der Waals surface area contributed by atoms with Crippen molar-refractivity contribution in [1.29, 1.82) is 0 Å². The minimum absolute atomic E-state index is 0.206. The van der Waals surface area contributed by atoms with E-state index in [-0.39, 0.29) is 17.9 Å². The molecule has 3 N–H and O–H groups in total. The van der Waals surface area contributed by atoms with Gasteiger partial charge < -0.3 is 15.8 Å². The zero-order valence-corrected chi connectivity index (χ0v) is 13.8. The van der Waals surface area contributed by atoms with Crippen LogP contribution < -0.4 is 15.8 Å². The van der Waals surface area contributed by atoms with Crippen molar-refractivity contribution in [3.63, 3.8) is 0 Å². The molecule has 2 rings (SSSR count). The normalized spacial score (nSPS) is 10.4. The average Bonchev–Trinajstić information content (AvgIpc) is 2.59. The van der Waals surface area contributed by atoms with Crippen molar-refractivity contribution >= 4 is 35.5 Å². The monoisotopic (exact) mass is 358 g/mol. The fourth-order valence-corrected chi connectivity index (χ4v) is 1.98. The number of carbonyl (C=O) groups excluding carboxylic acids is 3. The van der Waals surface area contributed by atoms with Crippen molar-refractivity contribution in [1.82, 2.24) is 5.32 Å². The highest BCUT2D eigenvalue weighted by Crippen LogP contribution is 2.14. The highest BCUT2D eigenvalue weighted by atomic mass is 35.5. The van der Waals surface area contributed by atoms with Gasteiger partial charge in [-0.3, -0.25) is 9.59 Å². The maximum absolute atomic E-state index is 11.9. The van der Waals surface area contributed by atoms with Crippen molar-refractivity contribution < 1.29 is 19.1 Å². The molecule has 0 aromatic heterocycles. The minimum atomic E-state index is -0.650. The molecule has 0 aliphatic rings. The number of hydrogen-bond donors (Lipinski definition) is 2. The number of primary amides is 1. The smallest absolute Gasteiger partial charge is 0.336 e. The summed E-state index contributed by atoms with van der Waals surface area (Å²) in [6, 6.07) is 13.0. The van der Waals surface area contributed by atoms with Crippen molar-refractivity contribution in [2.75, 3.05) is 6.54 Å². The summed E-state index contributed by atoms with van der Waals surface area (Å²) in [5, 5.41) is 2.95. The highest BCUT2D eigenvalue weighted by molar-refractivity contribution is 6.30. The molecule has 128 valence electrons. The fraction of sp³-hybridized carbons (Fsp3) is 0.0556. The second kappa shape index (κ2) is 8.65. The van der Waals surface area contributed by atoms with Crippen LogP contribution in [-0.4, -0.2) is 24.3 Å². The second-order valence-electron chi connectivity index (χ2n) is 4.98. The van der Waals surface area contributed by atoms with Gasteiger partial charge in [-0.05, 0) is 42.0 Å². The van der Waals surface area contributed by atoms with Gasteiger partial charge in [0.05, 0.1) is 6.54 Å². The Morgan fingerprint density at radius 2 is 1.84 bits per heavy atom. The molecule has 7 heteroatoms. The van der Waals surface area contributed by atoms with Crippen molar-refractivity contribution in [3.05, 3.63) is 70.8 Å². The lowest BCUT2D eigenvalue weighted by Crippen LogP contribution is -2.33. The molecule has 0 aliphatic heterocycles. The molecule has 0 saturated heterocycles. The number of nitrogens with two attached hydrogens (primary N) is 1. The Hall–Kier alpha value is -3.12. The van der Waals surface area contributed by atoms with Crippen molar-refractivity contribution in [2.45, 2.75) is 0 Å². The molecule has 2 amide bonds. The zero-order chi connectivity index (χ0) is 18.2. The van der Waals surface area contributed by atoms with E-state index in [9.17, 15) is 14.4 Å². The quantitative estimate of drug-likeness (QED) is 0.469. The lowest BCUT2D eigenvalue weighted by Gasteiger charge is -2.05. The van der Waals surface area contributed by atoms with E-state index in [0.717, 1.165) is 5.56 Å². The molecule has 0 atom stereocenters. The first-order valence-corrected chi connectivity index (χ1v) is 7.64. The van der Waals surface area contributed by atoms with Crippen LogP contribution >= 0.6 is 11.6 Å². The van der Waals surface area contributed by atoms with Crippen LogP contribution in [0.15, 0.2) is 54.6 Å². The maximum atomic E-state index is 11.9. The molecular formula is C18H15ClN2O4. The number of nitrogens with one attached hydrogen (secondary N) is 1. The van der Waals surface area contributed by atoms with Crippen LogP contribution in [0, 0.1) is 0 Å². The largest absolute Gasteiger partial charge is 0.423 e. The third kappa shape index (κ3) is 6.12. The average molecular weight is 359 g/mol. The number of ether oxygens (including phenoxy) is 1. The lowest BCUT2D eigenvalue weighted by molar-refractivity contribution is -0.128. The number of halogens is 1. The number of amides is 2. The molecule has 2 aromatic carbocycles. The molecule has 0 radical (unpaired) electrons. The van der Waals surface area contributed by atoms with Crippen LogP contribution in [0.3, 0.4) is 0 Å². The summed E-state index contributed by atoms with van der Waals surface area (Å²) in [7, 11) is 0. The molecular weight excluding hydrogens is 344 g/mol. The minimum Gasteiger partial charge on any atom is -0.423 e. The van der Waals surface area contributed by atoms with E-state index in [1.165, 1.54) is 18.2 Å². The highest BCUT2D eigenvalue weighted by Gasteiger charge is 2.08. The molecule has 0 spiro atoms. The number of benzene rings is 2. The molecule has 0 unspecified atom stereocenters. The van der Waals surface area contributed by atoms with Gasteiger partial charge in [0.1, 0.15) is 5.75 Å². The summed E-state index contributed by atoms with van der Waals surface area (Å²) < 4.78 is 5.15. The van der Waals surface area contributed by atoms with E-state index in [2.05, 4.69) is 5.32 Å². The second-order valence-corrected chi connectivity index (χ2v) is 5.42. The summed E-state index contributed by atoms with van der Waals surface area (Å²) in [5.74, 6) is -1.53. The van der Waals surface area contributed by atoms with Gasteiger partial charge >= 0.3 is 5.97 Å². The molecule has 0 bridgehead atoms. The third-order valence-corrected chi connectivity index (χ3v) is 3.27. The summed E-state index contributed by atoms with van der Waals surface area (Å²) in [6.45, 7) is -0.271. The van der Waals surface area contributed by atoms with E-state index in [1.54, 1.807) is 42.5 Å². The van der Waals surface area contributed by atoms with E-state index >= 15 is 0 Å². The standard InChI is InChI=1S/C18H15ClN2O4/c19-14-7-4-12(5-8-14)6-9-17(23)25-15-3-1-2-13(10-15)18(24)21-11-16(20)22/h1-10H,11H2,(H2,20,22)(H,21,24)/b9-6+. The molecule has 6 nitrogen and oxygen atoms in total. The van der Waals surface area contributed by atoms with Crippen molar-refractivity contribution in [3.8, 4) is 5.75 Å². The van der Waals surface area contributed by atoms with Crippen LogP contribution in [0.4, 0.5) is 0 Å². The summed E-state index contributed by atoms with van der Waals surface area (Å²) >= 11 is 5.79. The molecule has 0 fully saturated rings. The Morgan fingerprint density at radius 1 is 1.12 bits per heavy atom. The molecule has 0 heterocycles. The van der Waals surface area contributed by atoms with Crippen LogP contribution in [0.5, 0.6) is 5.75 Å². The van der Waals surface area contributed by atoms with E-state index < -0.39 is 17.8 Å². The predicted molar refractivity (Wildman–Crippen MR) is 94.1 cm³/mol. The maximum Gasteiger partial charge on any atom is 0.336 e. The summed E-state index contributed by atoms with van der Waals surface area (Å²) in [5.41, 5.74) is 6.00. The SMILES string of the molecule is NC(=O)CNC(=O)c1cccc(OC(=O)/C=C/c2ccc(Cl)cc2)c1. The number of esters is 1. The van der Waals surface area contributed by atoms with Gasteiger partial charge in [0.25, 0.3) is 5.91 Å². The Balaban J connectivity index is 1.98. The zero-order valence-electron chi connectivity index (χ0n) is 13.1. The Labute approximate surface area is 149 Å². The van der Waals surface area contributed by atoms with Gasteiger partial charge in [-0.1, -0.05) is 29.8 Å². The Bertz CT molecular complexity index is 816. The van der Waals surface area contributed by atoms with Gasteiger partial charge in [0.15, 0.2) is 0 Å². The Morgan fingerprint density at radius 3 is 2.52 bits per heavy atom. The van der Waals surface area contributed by atoms with Crippen LogP contribution in [0.25, 0.3) is 6.08 Å². The third-order valence-electron chi connectivity index (χ3n) is 3.02. The van der Waals surface area contributed by atoms with Gasteiger partial charge in [0, 0.05) is 16.7 Å². The first-order valence-electron chi connectivity index (χ1n) is 7.26. The van der Waals surface area contributed by atoms with E-state index in [0.29, 0.717) is 5.02 Å². The van der Waals surface area contributed by atoms with Gasteiger partial charge in [0.2, 0.25) is 5.91 Å². The van der Waals surface area contributed by atoms with Crippen LogP contribution in [0.1, 0.15) is 15.9 Å². The summed E-state index contributed by atoms with van der Waals surface area (Å²) in [4.78, 5) is 34.4. The number of rotatable bonds is 6. The van der Waals surface area contributed by atoms with E-state index in [4.69, 9.17) is 22.1 Å². The van der Waals surface area contributed by atoms with Gasteiger partial charge in [-0.25, -0.2) is 4.79 Å². The molecule has 2 aromatic rings.